The fourth-order valence-corrected chi connectivity index (χ4v) is 1.80. The van der Waals surface area contributed by atoms with Gasteiger partial charge in [0.2, 0.25) is 0 Å². The van der Waals surface area contributed by atoms with E-state index >= 15 is 0 Å². The van der Waals surface area contributed by atoms with Crippen molar-refractivity contribution >= 4 is 11.9 Å². The van der Waals surface area contributed by atoms with Crippen LogP contribution in [0.4, 0.5) is 0 Å². The molecule has 0 saturated heterocycles. The molecule has 0 aromatic carbocycles. The molecule has 0 aromatic rings. The van der Waals surface area contributed by atoms with Gasteiger partial charge < -0.3 is 42.1 Å². The summed E-state index contributed by atoms with van der Waals surface area (Å²) in [5, 5.41) is 51.5. The van der Waals surface area contributed by atoms with E-state index in [0.29, 0.717) is 0 Å². The molecule has 10 nitrogen and oxygen atoms in total. The van der Waals surface area contributed by atoms with Crippen molar-refractivity contribution in [3.63, 3.8) is 0 Å². The van der Waals surface area contributed by atoms with E-state index in [1.165, 1.54) is 12.8 Å². The van der Waals surface area contributed by atoms with Gasteiger partial charge in [0.1, 0.15) is 12.2 Å². The summed E-state index contributed by atoms with van der Waals surface area (Å²) in [5.41, 5.74) is 14.6. The first-order chi connectivity index (χ1) is 10.1. The Kier molecular flexibility index (Phi) is 12.7. The monoisotopic (exact) mass is 517 g/mol. The van der Waals surface area contributed by atoms with Crippen LogP contribution < -0.4 is 0 Å². The molecule has 0 amide bonds. The van der Waals surface area contributed by atoms with Gasteiger partial charge in [0.05, 0.1) is 0 Å². The maximum atomic E-state index is 10.1. The summed E-state index contributed by atoms with van der Waals surface area (Å²) >= 11 is 0. The van der Waals surface area contributed by atoms with Crippen molar-refractivity contribution in [2.45, 2.75) is 62.2 Å². The molecule has 23 heavy (non-hydrogen) atoms. The van der Waals surface area contributed by atoms with Crippen LogP contribution in [0.25, 0.3) is 11.5 Å². The van der Waals surface area contributed by atoms with Crippen molar-refractivity contribution in [1.82, 2.24) is 0 Å². The Balaban J connectivity index is 0. The van der Waals surface area contributed by atoms with Crippen molar-refractivity contribution < 1.29 is 61.3 Å². The number of rotatable bonds is 5. The number of nitrogens with one attached hydrogen (secondary N) is 2. The van der Waals surface area contributed by atoms with E-state index in [0.717, 1.165) is 12.8 Å². The Bertz CT molecular complexity index is 339. The van der Waals surface area contributed by atoms with Gasteiger partial charge in [-0.25, -0.2) is 9.59 Å². The zero-order valence-corrected chi connectivity index (χ0v) is 14.4. The number of aliphatic hydroxyl groups is 4. The molecular weight excluding hydrogens is 495 g/mol. The summed E-state index contributed by atoms with van der Waals surface area (Å²) in [6.07, 6.45) is -5.04. The molecule has 1 rings (SSSR count). The van der Waals surface area contributed by atoms with Gasteiger partial charge in [-0.05, 0) is 0 Å². The van der Waals surface area contributed by atoms with Gasteiger partial charge in [0, 0.05) is 0 Å². The van der Waals surface area contributed by atoms with Gasteiger partial charge in [-0.1, -0.05) is 25.7 Å². The zero-order valence-electron chi connectivity index (χ0n) is 12.1. The maximum Gasteiger partial charge on any atom is 2.00 e. The molecule has 1 fully saturated rings. The minimum Gasteiger partial charge on any atom is -0.676 e. The van der Waals surface area contributed by atoms with Gasteiger partial charge in [-0.2, -0.15) is 12.1 Å². The second-order valence-corrected chi connectivity index (χ2v) is 5.04. The quantitative estimate of drug-likeness (QED) is 0.266. The van der Waals surface area contributed by atoms with E-state index < -0.39 is 36.4 Å². The number of carboxylic acid groups (broad SMARTS) is 2. The SMILES string of the molecule is O=C(O)C(O)C(O)C(O)C(O)C(=O)O.[NH-]C1CCCCC1[NH-].[Pt+2]. The molecule has 1 aliphatic rings. The molecule has 11 heteroatoms. The Hall–Kier alpha value is -0.612. The van der Waals surface area contributed by atoms with E-state index in [-0.39, 0.29) is 33.1 Å². The van der Waals surface area contributed by atoms with Crippen molar-refractivity contribution in [2.75, 3.05) is 0 Å². The molecule has 138 valence electrons. The van der Waals surface area contributed by atoms with Gasteiger partial charge in [-0.3, -0.25) is 0 Å². The molecule has 0 aromatic heterocycles. The number of hydrogen-bond donors (Lipinski definition) is 6. The molecule has 0 spiro atoms. The average molecular weight is 517 g/mol. The predicted octanol–water partition coefficient (Wildman–Crippen LogP) is -1.00. The molecule has 6 atom stereocenters. The minimum atomic E-state index is -2.36. The van der Waals surface area contributed by atoms with E-state index in [2.05, 4.69) is 0 Å². The third kappa shape index (κ3) is 8.71. The standard InChI is InChI=1S/C6H12N2.C6H10O8.Pt/c7-5-3-1-2-4-6(5)8;7-1(3(9)5(11)12)2(8)4(10)6(13)14;/h5-8H,1-4H2;1-4,7-10H,(H,11,12)(H,13,14);/q-2;;+2. The van der Waals surface area contributed by atoms with Crippen LogP contribution in [0.15, 0.2) is 0 Å². The summed E-state index contributed by atoms with van der Waals surface area (Å²) in [6, 6.07) is -0.160. The smallest absolute Gasteiger partial charge is 0.676 e. The molecule has 0 bridgehead atoms. The van der Waals surface area contributed by atoms with Crippen LogP contribution in [0.2, 0.25) is 0 Å². The number of hydrogen-bond acceptors (Lipinski definition) is 6. The second kappa shape index (κ2) is 11.9. The van der Waals surface area contributed by atoms with Crippen molar-refractivity contribution in [3.8, 4) is 0 Å². The summed E-state index contributed by atoms with van der Waals surface area (Å²) in [5.74, 6) is -3.68. The third-order valence-corrected chi connectivity index (χ3v) is 3.27. The third-order valence-electron chi connectivity index (χ3n) is 3.27. The first-order valence-electron chi connectivity index (χ1n) is 6.69. The first kappa shape index (κ1) is 24.6. The molecule has 1 saturated carbocycles. The second-order valence-electron chi connectivity index (χ2n) is 5.04. The van der Waals surface area contributed by atoms with Crippen LogP contribution in [-0.4, -0.2) is 79.1 Å². The number of carboxylic acids is 2. The van der Waals surface area contributed by atoms with Crippen LogP contribution in [-0.2, 0) is 30.7 Å². The summed E-state index contributed by atoms with van der Waals surface area (Å²) in [6.45, 7) is 0. The largest absolute Gasteiger partial charge is 2.00 e. The Labute approximate surface area is 147 Å². The number of carbonyl (C=O) groups is 2. The van der Waals surface area contributed by atoms with Crippen LogP contribution >= 0.6 is 0 Å². The summed E-state index contributed by atoms with van der Waals surface area (Å²) < 4.78 is 0. The topological polar surface area (TPSA) is 203 Å². The Morgan fingerprint density at radius 3 is 1.22 bits per heavy atom. The van der Waals surface area contributed by atoms with E-state index in [1.807, 2.05) is 0 Å². The van der Waals surface area contributed by atoms with Crippen molar-refractivity contribution in [2.24, 2.45) is 0 Å². The zero-order chi connectivity index (χ0) is 17.4. The average Bonchev–Trinajstić information content (AvgIpc) is 2.47. The van der Waals surface area contributed by atoms with Gasteiger partial charge >= 0.3 is 33.0 Å². The molecule has 0 aliphatic heterocycles. The summed E-state index contributed by atoms with van der Waals surface area (Å²) in [4.78, 5) is 20.2. The van der Waals surface area contributed by atoms with Gasteiger partial charge in [0.15, 0.2) is 12.2 Å². The number of aliphatic carboxylic acids is 2. The van der Waals surface area contributed by atoms with Crippen LogP contribution in [0, 0.1) is 0 Å². The molecule has 0 radical (unpaired) electrons. The molecule has 1 aliphatic carbocycles. The normalized spacial score (nSPS) is 25.7. The maximum absolute atomic E-state index is 10.1. The number of aliphatic hydroxyl groups excluding tert-OH is 4. The van der Waals surface area contributed by atoms with Crippen LogP contribution in [0.3, 0.4) is 0 Å². The predicted molar refractivity (Wildman–Crippen MR) is 74.0 cm³/mol. The molecule has 6 unspecified atom stereocenters. The fourth-order valence-electron chi connectivity index (χ4n) is 1.80. The van der Waals surface area contributed by atoms with Crippen LogP contribution in [0.5, 0.6) is 0 Å². The Morgan fingerprint density at radius 2 is 1.04 bits per heavy atom. The summed E-state index contributed by atoms with van der Waals surface area (Å²) in [7, 11) is 0. The van der Waals surface area contributed by atoms with E-state index in [1.54, 1.807) is 0 Å². The van der Waals surface area contributed by atoms with E-state index in [4.69, 9.17) is 42.1 Å². The van der Waals surface area contributed by atoms with Crippen molar-refractivity contribution in [1.29, 1.82) is 0 Å². The Morgan fingerprint density at radius 1 is 0.783 bits per heavy atom. The molecule has 0 heterocycles. The van der Waals surface area contributed by atoms with Gasteiger partial charge in [0.25, 0.3) is 0 Å². The fraction of sp³-hybridized carbons (Fsp3) is 0.833. The van der Waals surface area contributed by atoms with Crippen LogP contribution in [0.1, 0.15) is 25.7 Å². The molecule has 8 N–H and O–H groups in total. The van der Waals surface area contributed by atoms with Gasteiger partial charge in [-0.15, -0.1) is 0 Å². The molecular formula is C12H22N2O8Pt. The van der Waals surface area contributed by atoms with E-state index in [9.17, 15) is 9.59 Å². The first-order valence-corrected chi connectivity index (χ1v) is 6.69. The minimum absolute atomic E-state index is 0. The van der Waals surface area contributed by atoms with Crippen molar-refractivity contribution in [3.05, 3.63) is 11.5 Å².